The summed E-state index contributed by atoms with van der Waals surface area (Å²) in [6, 6.07) is 10.2. The zero-order chi connectivity index (χ0) is 15.7. The van der Waals surface area contributed by atoms with Crippen LogP contribution in [0.25, 0.3) is 0 Å². The first-order chi connectivity index (χ1) is 9.98. The largest absolute Gasteiger partial charge is 0.355 e. The normalized spacial score (nSPS) is 11.0. The molecule has 0 fully saturated rings. The molecule has 0 atom stereocenters. The van der Waals surface area contributed by atoms with Gasteiger partial charge in [0, 0.05) is 13.1 Å². The van der Waals surface area contributed by atoms with Crippen LogP contribution in [0, 0.1) is 5.41 Å². The fourth-order valence-electron chi connectivity index (χ4n) is 1.92. The molecule has 0 unspecified atom stereocenters. The lowest BCUT2D eigenvalue weighted by atomic mass is 9.91. The maximum absolute atomic E-state index is 12.1. The van der Waals surface area contributed by atoms with Gasteiger partial charge in [0.1, 0.15) is 5.41 Å². The van der Waals surface area contributed by atoms with Gasteiger partial charge in [0.25, 0.3) is 0 Å². The van der Waals surface area contributed by atoms with Gasteiger partial charge in [0.2, 0.25) is 11.8 Å². The zero-order valence-electron chi connectivity index (χ0n) is 13.2. The number of amides is 2. The third-order valence-electron chi connectivity index (χ3n) is 3.44. The van der Waals surface area contributed by atoms with Crippen LogP contribution >= 0.6 is 0 Å². The van der Waals surface area contributed by atoms with E-state index >= 15 is 0 Å². The van der Waals surface area contributed by atoms with Gasteiger partial charge in [-0.05, 0) is 38.7 Å². The lowest BCUT2D eigenvalue weighted by molar-refractivity contribution is -0.141. The monoisotopic (exact) mass is 290 g/mol. The Morgan fingerprint density at radius 2 is 1.57 bits per heavy atom. The second-order valence-corrected chi connectivity index (χ2v) is 5.73. The summed E-state index contributed by atoms with van der Waals surface area (Å²) >= 11 is 0. The molecule has 0 heterocycles. The fourth-order valence-corrected chi connectivity index (χ4v) is 1.92. The highest BCUT2D eigenvalue weighted by Gasteiger charge is 2.35. The third kappa shape index (κ3) is 5.58. The molecule has 116 valence electrons. The van der Waals surface area contributed by atoms with E-state index < -0.39 is 5.41 Å². The Bertz CT molecular complexity index is 455. The van der Waals surface area contributed by atoms with Crippen LogP contribution < -0.4 is 10.6 Å². The molecule has 4 heteroatoms. The molecule has 0 spiro atoms. The van der Waals surface area contributed by atoms with Crippen LogP contribution in [0.4, 0.5) is 0 Å². The van der Waals surface area contributed by atoms with Gasteiger partial charge in [-0.15, -0.1) is 0 Å². The molecule has 0 aliphatic carbocycles. The number of rotatable bonds is 8. The second kappa shape index (κ2) is 8.45. The summed E-state index contributed by atoms with van der Waals surface area (Å²) in [5, 5.41) is 5.62. The molecular weight excluding hydrogens is 264 g/mol. The zero-order valence-corrected chi connectivity index (χ0v) is 13.2. The smallest absolute Gasteiger partial charge is 0.235 e. The minimum Gasteiger partial charge on any atom is -0.355 e. The Morgan fingerprint density at radius 1 is 1.00 bits per heavy atom. The van der Waals surface area contributed by atoms with E-state index in [4.69, 9.17) is 0 Å². The van der Waals surface area contributed by atoms with Gasteiger partial charge in [0.05, 0.1) is 0 Å². The van der Waals surface area contributed by atoms with E-state index in [1.807, 2.05) is 25.1 Å². The van der Waals surface area contributed by atoms with Crippen LogP contribution in [-0.2, 0) is 16.0 Å². The Kier molecular flexibility index (Phi) is 6.92. The van der Waals surface area contributed by atoms with E-state index in [1.165, 1.54) is 5.56 Å². The van der Waals surface area contributed by atoms with Crippen LogP contribution in [0.15, 0.2) is 30.3 Å². The predicted octanol–water partition coefficient (Wildman–Crippen LogP) is 2.29. The van der Waals surface area contributed by atoms with E-state index in [0.717, 1.165) is 19.3 Å². The summed E-state index contributed by atoms with van der Waals surface area (Å²) < 4.78 is 0. The molecule has 0 radical (unpaired) electrons. The first kappa shape index (κ1) is 17.2. The molecule has 4 nitrogen and oxygen atoms in total. The number of benzene rings is 1. The summed E-state index contributed by atoms with van der Waals surface area (Å²) in [7, 11) is 0. The van der Waals surface area contributed by atoms with Crippen molar-refractivity contribution in [2.75, 3.05) is 13.1 Å². The summed E-state index contributed by atoms with van der Waals surface area (Å²) in [4.78, 5) is 24.1. The van der Waals surface area contributed by atoms with Crippen molar-refractivity contribution in [2.24, 2.45) is 5.41 Å². The van der Waals surface area contributed by atoms with E-state index in [9.17, 15) is 9.59 Å². The maximum atomic E-state index is 12.1. The number of carbonyl (C=O) groups excluding carboxylic acids is 2. The highest BCUT2D eigenvalue weighted by atomic mass is 16.2. The van der Waals surface area contributed by atoms with E-state index in [-0.39, 0.29) is 11.8 Å². The molecule has 0 aliphatic rings. The summed E-state index contributed by atoms with van der Waals surface area (Å²) in [6.45, 7) is 6.48. The third-order valence-corrected chi connectivity index (χ3v) is 3.44. The Morgan fingerprint density at radius 3 is 2.14 bits per heavy atom. The lowest BCUT2D eigenvalue weighted by Crippen LogP contribution is -2.48. The molecule has 0 aliphatic heterocycles. The van der Waals surface area contributed by atoms with E-state index in [2.05, 4.69) is 22.8 Å². The Hall–Kier alpha value is -1.84. The molecule has 0 aromatic heterocycles. The van der Waals surface area contributed by atoms with Crippen LogP contribution in [-0.4, -0.2) is 24.9 Å². The van der Waals surface area contributed by atoms with Crippen LogP contribution in [0.5, 0.6) is 0 Å². The van der Waals surface area contributed by atoms with Crippen molar-refractivity contribution < 1.29 is 9.59 Å². The van der Waals surface area contributed by atoms with Gasteiger partial charge in [-0.2, -0.15) is 0 Å². The maximum Gasteiger partial charge on any atom is 0.235 e. The molecule has 21 heavy (non-hydrogen) atoms. The minimum atomic E-state index is -1.03. The van der Waals surface area contributed by atoms with Crippen molar-refractivity contribution >= 4 is 11.8 Å². The number of hydrogen-bond acceptors (Lipinski definition) is 2. The Balaban J connectivity index is 2.33. The number of aryl methyl sites for hydroxylation is 1. The van der Waals surface area contributed by atoms with Crippen LogP contribution in [0.2, 0.25) is 0 Å². The molecule has 0 bridgehead atoms. The van der Waals surface area contributed by atoms with Crippen molar-refractivity contribution in [1.29, 1.82) is 0 Å². The first-order valence-electron chi connectivity index (χ1n) is 7.59. The quantitative estimate of drug-likeness (QED) is 0.570. The van der Waals surface area contributed by atoms with Crippen LogP contribution in [0.1, 0.15) is 39.2 Å². The topological polar surface area (TPSA) is 58.2 Å². The second-order valence-electron chi connectivity index (χ2n) is 5.73. The molecule has 1 aromatic carbocycles. The number of carbonyl (C=O) groups is 2. The molecule has 1 rings (SSSR count). The van der Waals surface area contributed by atoms with Gasteiger partial charge in [0.15, 0.2) is 0 Å². The molecule has 2 amide bonds. The number of nitrogens with one attached hydrogen (secondary N) is 2. The fraction of sp³-hybridized carbons (Fsp3) is 0.529. The molecule has 0 saturated heterocycles. The summed E-state index contributed by atoms with van der Waals surface area (Å²) in [6.07, 6.45) is 2.65. The van der Waals surface area contributed by atoms with Gasteiger partial charge >= 0.3 is 0 Å². The van der Waals surface area contributed by atoms with Crippen molar-refractivity contribution in [3.05, 3.63) is 35.9 Å². The highest BCUT2D eigenvalue weighted by Crippen LogP contribution is 2.15. The molecule has 0 saturated carbocycles. The number of hydrogen-bond donors (Lipinski definition) is 2. The van der Waals surface area contributed by atoms with Crippen molar-refractivity contribution in [3.8, 4) is 0 Å². The summed E-state index contributed by atoms with van der Waals surface area (Å²) in [5.74, 6) is -0.436. The molecule has 2 N–H and O–H groups in total. The standard InChI is InChI=1S/C17H26N2O2/c1-4-12-18-15(20)17(2,3)16(21)19-13-8-11-14-9-6-5-7-10-14/h5-7,9-10H,4,8,11-13H2,1-3H3,(H,18,20)(H,19,21). The minimum absolute atomic E-state index is 0.218. The highest BCUT2D eigenvalue weighted by molar-refractivity contribution is 6.04. The van der Waals surface area contributed by atoms with Crippen molar-refractivity contribution in [2.45, 2.75) is 40.0 Å². The van der Waals surface area contributed by atoms with Crippen molar-refractivity contribution in [1.82, 2.24) is 10.6 Å². The lowest BCUT2D eigenvalue weighted by Gasteiger charge is -2.22. The van der Waals surface area contributed by atoms with Gasteiger partial charge in [-0.25, -0.2) is 0 Å². The SMILES string of the molecule is CCCNC(=O)C(C)(C)C(=O)NCCCc1ccccc1. The molecule has 1 aromatic rings. The van der Waals surface area contributed by atoms with E-state index in [1.54, 1.807) is 13.8 Å². The predicted molar refractivity (Wildman–Crippen MR) is 84.9 cm³/mol. The van der Waals surface area contributed by atoms with Gasteiger partial charge in [-0.3, -0.25) is 9.59 Å². The average molecular weight is 290 g/mol. The van der Waals surface area contributed by atoms with Gasteiger partial charge < -0.3 is 10.6 Å². The van der Waals surface area contributed by atoms with Gasteiger partial charge in [-0.1, -0.05) is 37.3 Å². The Labute approximate surface area is 127 Å². The summed E-state index contributed by atoms with van der Waals surface area (Å²) in [5.41, 5.74) is 0.230. The van der Waals surface area contributed by atoms with Crippen LogP contribution in [0.3, 0.4) is 0 Å². The van der Waals surface area contributed by atoms with Crippen molar-refractivity contribution in [3.63, 3.8) is 0 Å². The molecular formula is C17H26N2O2. The van der Waals surface area contributed by atoms with E-state index in [0.29, 0.717) is 13.1 Å². The first-order valence-corrected chi connectivity index (χ1v) is 7.59. The average Bonchev–Trinajstić information content (AvgIpc) is 2.49.